The number of hydrogen-bond donors (Lipinski definition) is 0. The van der Waals surface area contributed by atoms with E-state index in [-0.39, 0.29) is 5.69 Å². The number of anilines is 1. The first-order chi connectivity index (χ1) is 7.84. The first-order valence-corrected chi connectivity index (χ1v) is 4.15. The van der Waals surface area contributed by atoms with E-state index in [2.05, 4.69) is 0 Å². The summed E-state index contributed by atoms with van der Waals surface area (Å²) in [6.45, 7) is 0. The minimum absolute atomic E-state index is 0.328. The Morgan fingerprint density at radius 2 is 1.65 bits per heavy atom. The highest BCUT2D eigenvalue weighted by Gasteiger charge is 2.26. The van der Waals surface area contributed by atoms with Crippen LogP contribution in [0.5, 0.6) is 0 Å². The molecule has 0 heterocycles. The van der Waals surface area contributed by atoms with Crippen molar-refractivity contribution in [2.75, 3.05) is 12.1 Å². The Morgan fingerprint density at radius 3 is 2.06 bits per heavy atom. The van der Waals surface area contributed by atoms with Crippen molar-refractivity contribution in [1.82, 2.24) is 0 Å². The van der Waals surface area contributed by atoms with Crippen molar-refractivity contribution < 1.29 is 14.9 Å². The summed E-state index contributed by atoms with van der Waals surface area (Å²) in [6.07, 6.45) is 0. The molecule has 0 saturated heterocycles. The van der Waals surface area contributed by atoms with Gasteiger partial charge in [-0.1, -0.05) is 5.01 Å². The van der Waals surface area contributed by atoms with Gasteiger partial charge in [-0.3, -0.25) is 20.2 Å². The third-order valence-corrected chi connectivity index (χ3v) is 1.96. The van der Waals surface area contributed by atoms with E-state index in [1.807, 2.05) is 0 Å². The third-order valence-electron chi connectivity index (χ3n) is 1.96. The molecule has 1 rings (SSSR count). The molecule has 0 aliphatic heterocycles. The summed E-state index contributed by atoms with van der Waals surface area (Å²) in [5.41, 5.74) is -1.53. The third kappa shape index (κ3) is 2.42. The molecule has 0 aliphatic carbocycles. The normalized spacial score (nSPS) is 9.71. The summed E-state index contributed by atoms with van der Waals surface area (Å²) < 4.78 is 0. The van der Waals surface area contributed by atoms with E-state index in [9.17, 15) is 30.3 Å². The van der Waals surface area contributed by atoms with Crippen LogP contribution >= 0.6 is 0 Å². The first kappa shape index (κ1) is 12.3. The Bertz CT molecular complexity index is 501. The van der Waals surface area contributed by atoms with Gasteiger partial charge in [0.25, 0.3) is 5.69 Å². The van der Waals surface area contributed by atoms with Crippen LogP contribution in [0.15, 0.2) is 18.2 Å². The van der Waals surface area contributed by atoms with Gasteiger partial charge < -0.3 is 0 Å². The van der Waals surface area contributed by atoms with Gasteiger partial charge in [-0.05, 0) is 6.07 Å². The Balaban J connectivity index is 3.37. The highest BCUT2D eigenvalue weighted by atomic mass is 16.7. The summed E-state index contributed by atoms with van der Waals surface area (Å²) in [5.74, 6) is 0. The lowest BCUT2D eigenvalue weighted by Gasteiger charge is -2.07. The van der Waals surface area contributed by atoms with Crippen LogP contribution in [0.4, 0.5) is 17.1 Å². The van der Waals surface area contributed by atoms with Crippen molar-refractivity contribution in [2.45, 2.75) is 0 Å². The Kier molecular flexibility index (Phi) is 3.17. The van der Waals surface area contributed by atoms with Gasteiger partial charge in [0.2, 0.25) is 0 Å². The van der Waals surface area contributed by atoms with Crippen LogP contribution in [0.1, 0.15) is 0 Å². The molecule has 1 aromatic carbocycles. The fraction of sp³-hybridized carbons (Fsp3) is 0.143. The molecular weight excluding hydrogens is 236 g/mol. The van der Waals surface area contributed by atoms with Crippen LogP contribution in [-0.2, 0) is 0 Å². The molecule has 17 heavy (non-hydrogen) atoms. The average molecular weight is 242 g/mol. The summed E-state index contributed by atoms with van der Waals surface area (Å²) in [7, 11) is 1.01. The molecule has 0 N–H and O–H groups in total. The number of nitrogens with zero attached hydrogens (tertiary/aromatic N) is 4. The van der Waals surface area contributed by atoms with Gasteiger partial charge in [-0.15, -0.1) is 0 Å². The topological polar surface area (TPSA) is 133 Å². The molecule has 0 amide bonds. The molecule has 1 aromatic rings. The zero-order chi connectivity index (χ0) is 13.2. The fourth-order valence-electron chi connectivity index (χ4n) is 1.13. The number of rotatable bonds is 4. The predicted octanol–water partition coefficient (Wildman–Crippen LogP) is 1.13. The maximum absolute atomic E-state index is 10.7. The number of benzene rings is 1. The molecule has 10 heteroatoms. The van der Waals surface area contributed by atoms with Crippen molar-refractivity contribution in [3.63, 3.8) is 0 Å². The van der Waals surface area contributed by atoms with E-state index in [4.69, 9.17) is 0 Å². The van der Waals surface area contributed by atoms with Crippen LogP contribution < -0.4 is 5.01 Å². The second kappa shape index (κ2) is 4.38. The number of nitro groups is 3. The van der Waals surface area contributed by atoms with Crippen molar-refractivity contribution in [3.05, 3.63) is 48.5 Å². The van der Waals surface area contributed by atoms with Crippen LogP contribution in [0.25, 0.3) is 0 Å². The maximum Gasteiger partial charge on any atom is 0.305 e. The first-order valence-electron chi connectivity index (χ1n) is 4.15. The molecule has 0 atom stereocenters. The number of hydrogen-bond acceptors (Lipinski definition) is 6. The molecule has 0 fully saturated rings. The number of hydrazine groups is 1. The van der Waals surface area contributed by atoms with Gasteiger partial charge in [0, 0.05) is 6.07 Å². The van der Waals surface area contributed by atoms with Crippen LogP contribution in [0.2, 0.25) is 0 Å². The summed E-state index contributed by atoms with van der Waals surface area (Å²) in [5, 5.41) is 31.1. The lowest BCUT2D eigenvalue weighted by atomic mass is 10.2. The minimum Gasteiger partial charge on any atom is -0.258 e. The molecule has 10 nitrogen and oxygen atoms in total. The lowest BCUT2D eigenvalue weighted by Crippen LogP contribution is -2.25. The molecule has 0 aliphatic rings. The highest BCUT2D eigenvalue weighted by Crippen LogP contribution is 2.31. The molecule has 0 saturated carbocycles. The minimum atomic E-state index is -0.914. The maximum atomic E-state index is 10.7. The van der Waals surface area contributed by atoms with E-state index >= 15 is 0 Å². The molecule has 0 radical (unpaired) electrons. The van der Waals surface area contributed by atoms with Gasteiger partial charge in [0.1, 0.15) is 0 Å². The fourth-order valence-corrected chi connectivity index (χ4v) is 1.13. The number of non-ortho nitro benzene ring substituents is 1. The largest absolute Gasteiger partial charge is 0.305 e. The van der Waals surface area contributed by atoms with Gasteiger partial charge >= 0.3 is 5.69 Å². The molecule has 0 spiro atoms. The smallest absolute Gasteiger partial charge is 0.258 e. The average Bonchev–Trinajstić information content (AvgIpc) is 2.26. The molecular formula is C7H6N4O6. The Labute approximate surface area is 93.5 Å². The van der Waals surface area contributed by atoms with Crippen molar-refractivity contribution in [1.29, 1.82) is 0 Å². The van der Waals surface area contributed by atoms with Gasteiger partial charge in [0.15, 0.2) is 10.7 Å². The Hall–Kier alpha value is -2.78. The van der Waals surface area contributed by atoms with Crippen LogP contribution in [-0.4, -0.2) is 21.9 Å². The number of nitro benzene ring substituents is 2. The molecule has 90 valence electrons. The second-order valence-corrected chi connectivity index (χ2v) is 2.95. The van der Waals surface area contributed by atoms with E-state index in [1.54, 1.807) is 0 Å². The van der Waals surface area contributed by atoms with E-state index in [0.29, 0.717) is 11.1 Å². The van der Waals surface area contributed by atoms with Crippen molar-refractivity contribution in [2.24, 2.45) is 0 Å². The van der Waals surface area contributed by atoms with E-state index < -0.39 is 26.3 Å². The molecule has 0 unspecified atom stereocenters. The zero-order valence-electron chi connectivity index (χ0n) is 8.47. The quantitative estimate of drug-likeness (QED) is 0.570. The van der Waals surface area contributed by atoms with Gasteiger partial charge in [-0.2, -0.15) is 0 Å². The van der Waals surface area contributed by atoms with Crippen molar-refractivity contribution in [3.8, 4) is 0 Å². The predicted molar refractivity (Wildman–Crippen MR) is 55.1 cm³/mol. The van der Waals surface area contributed by atoms with E-state index in [1.165, 1.54) is 0 Å². The van der Waals surface area contributed by atoms with Gasteiger partial charge in [0.05, 0.1) is 23.0 Å². The zero-order valence-corrected chi connectivity index (χ0v) is 8.47. The van der Waals surface area contributed by atoms with Gasteiger partial charge in [-0.25, -0.2) is 10.1 Å². The van der Waals surface area contributed by atoms with Crippen molar-refractivity contribution >= 4 is 17.1 Å². The molecule has 0 aromatic heterocycles. The van der Waals surface area contributed by atoms with E-state index in [0.717, 1.165) is 19.2 Å². The second-order valence-electron chi connectivity index (χ2n) is 2.95. The molecule has 0 bridgehead atoms. The van der Waals surface area contributed by atoms with Crippen LogP contribution in [0, 0.1) is 30.3 Å². The summed E-state index contributed by atoms with van der Waals surface area (Å²) >= 11 is 0. The summed E-state index contributed by atoms with van der Waals surface area (Å²) in [6, 6.07) is 2.59. The van der Waals surface area contributed by atoms with Crippen LogP contribution in [0.3, 0.4) is 0 Å². The SMILES string of the molecule is CN(c1ccc([N+](=O)[O-])cc1[N+](=O)[O-])[N+](=O)[O-]. The monoisotopic (exact) mass is 242 g/mol. The lowest BCUT2D eigenvalue weighted by molar-refractivity contribution is -0.491. The summed E-state index contributed by atoms with van der Waals surface area (Å²) in [4.78, 5) is 29.8. The standard InChI is InChI=1S/C7H6N4O6/c1-8(11(16)17)6-3-2-5(9(12)13)4-7(6)10(14)15/h2-4H,1H3. The highest BCUT2D eigenvalue weighted by molar-refractivity contribution is 5.65. The Morgan fingerprint density at radius 1 is 1.06 bits per heavy atom.